The van der Waals surface area contributed by atoms with E-state index in [1.165, 1.54) is 0 Å². The lowest BCUT2D eigenvalue weighted by Crippen LogP contribution is -2.41. The van der Waals surface area contributed by atoms with Crippen molar-refractivity contribution in [2.75, 3.05) is 0 Å². The lowest BCUT2D eigenvalue weighted by molar-refractivity contribution is -0.121. The highest BCUT2D eigenvalue weighted by molar-refractivity contribution is 5.98. The number of carbonyl (C=O) groups excluding carboxylic acids is 3. The summed E-state index contributed by atoms with van der Waals surface area (Å²) in [5.74, 6) is -0.954. The number of aromatic nitrogens is 1. The fraction of sp³-hybridized carbons (Fsp3) is 0.235. The first-order valence-corrected chi connectivity index (χ1v) is 7.30. The van der Waals surface area contributed by atoms with Crippen LogP contribution in [0.1, 0.15) is 44.8 Å². The summed E-state index contributed by atoms with van der Waals surface area (Å²) in [5.41, 5.74) is 7.67. The standard InChI is InChI=1S/C17H19N3O3/c1-11-5-6-13(10-12(11)2)15(21)7-8-16(22)19-20-17(23)14-4-3-9-18-14/h3-6,9-10,18H,7-8H2,1-2H3,(H,19,22)(H,20,23). The number of hydrogen-bond acceptors (Lipinski definition) is 3. The Morgan fingerprint density at radius 1 is 1.00 bits per heavy atom. The molecule has 0 saturated heterocycles. The third-order valence-electron chi connectivity index (χ3n) is 3.57. The van der Waals surface area contributed by atoms with Crippen LogP contribution in [0.5, 0.6) is 0 Å². The molecule has 2 amide bonds. The minimum absolute atomic E-state index is 0.0107. The number of amides is 2. The molecule has 1 aromatic carbocycles. The van der Waals surface area contributed by atoms with Crippen molar-refractivity contribution in [3.05, 3.63) is 58.9 Å². The summed E-state index contributed by atoms with van der Waals surface area (Å²) in [7, 11) is 0. The number of ketones is 1. The number of carbonyl (C=O) groups is 3. The highest BCUT2D eigenvalue weighted by atomic mass is 16.2. The van der Waals surface area contributed by atoms with E-state index >= 15 is 0 Å². The highest BCUT2D eigenvalue weighted by Crippen LogP contribution is 2.12. The highest BCUT2D eigenvalue weighted by Gasteiger charge is 2.11. The van der Waals surface area contributed by atoms with Gasteiger partial charge in [0.15, 0.2) is 5.78 Å². The van der Waals surface area contributed by atoms with E-state index in [1.807, 2.05) is 26.0 Å². The van der Waals surface area contributed by atoms with Gasteiger partial charge in [0.05, 0.1) is 0 Å². The maximum Gasteiger partial charge on any atom is 0.286 e. The molecule has 120 valence electrons. The SMILES string of the molecule is Cc1ccc(C(=O)CCC(=O)NNC(=O)c2ccc[nH]2)cc1C. The second-order valence-corrected chi connectivity index (χ2v) is 5.31. The molecule has 0 atom stereocenters. The Morgan fingerprint density at radius 3 is 2.43 bits per heavy atom. The number of H-pyrrole nitrogens is 1. The van der Waals surface area contributed by atoms with E-state index in [-0.39, 0.29) is 18.6 Å². The second-order valence-electron chi connectivity index (χ2n) is 5.31. The van der Waals surface area contributed by atoms with Crippen LogP contribution in [0.2, 0.25) is 0 Å². The van der Waals surface area contributed by atoms with E-state index in [0.29, 0.717) is 11.3 Å². The van der Waals surface area contributed by atoms with Gasteiger partial charge >= 0.3 is 0 Å². The lowest BCUT2D eigenvalue weighted by atomic mass is 10.0. The normalized spacial score (nSPS) is 10.2. The van der Waals surface area contributed by atoms with Gasteiger partial charge in [0.1, 0.15) is 5.69 Å². The maximum atomic E-state index is 12.1. The Bertz CT molecular complexity index is 721. The number of aryl methyl sites for hydroxylation is 2. The molecule has 0 unspecified atom stereocenters. The third kappa shape index (κ3) is 4.54. The van der Waals surface area contributed by atoms with Gasteiger partial charge < -0.3 is 4.98 Å². The van der Waals surface area contributed by atoms with Crippen LogP contribution in [-0.4, -0.2) is 22.6 Å². The quantitative estimate of drug-likeness (QED) is 0.583. The van der Waals surface area contributed by atoms with Crippen molar-refractivity contribution in [2.24, 2.45) is 0 Å². The van der Waals surface area contributed by atoms with Gasteiger partial charge in [-0.3, -0.25) is 25.2 Å². The average molecular weight is 313 g/mol. The van der Waals surface area contributed by atoms with Gasteiger partial charge in [0.2, 0.25) is 5.91 Å². The Morgan fingerprint density at radius 2 is 1.78 bits per heavy atom. The monoisotopic (exact) mass is 313 g/mol. The van der Waals surface area contributed by atoms with Gasteiger partial charge in [0.25, 0.3) is 5.91 Å². The summed E-state index contributed by atoms with van der Waals surface area (Å²) in [6.45, 7) is 3.92. The van der Waals surface area contributed by atoms with Crippen molar-refractivity contribution in [2.45, 2.75) is 26.7 Å². The molecular formula is C17H19N3O3. The molecule has 0 spiro atoms. The predicted octanol–water partition coefficient (Wildman–Crippen LogP) is 2.06. The van der Waals surface area contributed by atoms with Crippen molar-refractivity contribution in [3.8, 4) is 0 Å². The number of aromatic amines is 1. The van der Waals surface area contributed by atoms with Crippen molar-refractivity contribution in [1.82, 2.24) is 15.8 Å². The first-order valence-electron chi connectivity index (χ1n) is 7.30. The zero-order valence-corrected chi connectivity index (χ0v) is 13.1. The first-order chi connectivity index (χ1) is 11.0. The van der Waals surface area contributed by atoms with E-state index in [4.69, 9.17) is 0 Å². The molecule has 0 saturated carbocycles. The molecule has 0 aliphatic heterocycles. The molecule has 0 aliphatic rings. The molecule has 0 fully saturated rings. The van der Waals surface area contributed by atoms with E-state index in [2.05, 4.69) is 15.8 Å². The summed E-state index contributed by atoms with van der Waals surface area (Å²) in [6, 6.07) is 8.74. The molecule has 0 radical (unpaired) electrons. The van der Waals surface area contributed by atoms with Crippen molar-refractivity contribution in [1.29, 1.82) is 0 Å². The first kappa shape index (κ1) is 16.5. The number of nitrogens with one attached hydrogen (secondary N) is 3. The Kier molecular flexibility index (Phi) is 5.30. The van der Waals surface area contributed by atoms with Crippen LogP contribution in [0.25, 0.3) is 0 Å². The summed E-state index contributed by atoms with van der Waals surface area (Å²) in [6.07, 6.45) is 1.71. The number of hydrogen-bond donors (Lipinski definition) is 3. The van der Waals surface area contributed by atoms with Gasteiger partial charge in [-0.25, -0.2) is 0 Å². The molecule has 23 heavy (non-hydrogen) atoms. The second kappa shape index (κ2) is 7.40. The van der Waals surface area contributed by atoms with Crippen LogP contribution < -0.4 is 10.9 Å². The van der Waals surface area contributed by atoms with Crippen LogP contribution in [0.3, 0.4) is 0 Å². The maximum absolute atomic E-state index is 12.1. The summed E-state index contributed by atoms with van der Waals surface area (Å²) in [5, 5.41) is 0. The van der Waals surface area contributed by atoms with Gasteiger partial charge in [-0.15, -0.1) is 0 Å². The van der Waals surface area contributed by atoms with Gasteiger partial charge in [-0.05, 0) is 43.2 Å². The number of rotatable bonds is 5. The largest absolute Gasteiger partial charge is 0.357 e. The Hall–Kier alpha value is -2.89. The summed E-state index contributed by atoms with van der Waals surface area (Å²) >= 11 is 0. The van der Waals surface area contributed by atoms with Gasteiger partial charge in [0, 0.05) is 24.6 Å². The van der Waals surface area contributed by atoms with E-state index in [9.17, 15) is 14.4 Å². The smallest absolute Gasteiger partial charge is 0.286 e. The van der Waals surface area contributed by atoms with Crippen LogP contribution in [0.4, 0.5) is 0 Å². The molecule has 0 bridgehead atoms. The topological polar surface area (TPSA) is 91.1 Å². The molecule has 2 rings (SSSR count). The number of benzene rings is 1. The van der Waals surface area contributed by atoms with Crippen molar-refractivity contribution in [3.63, 3.8) is 0 Å². The predicted molar refractivity (Wildman–Crippen MR) is 85.9 cm³/mol. The van der Waals surface area contributed by atoms with Gasteiger partial charge in [-0.1, -0.05) is 12.1 Å². The molecule has 1 aromatic heterocycles. The molecule has 0 aliphatic carbocycles. The van der Waals surface area contributed by atoms with Crippen molar-refractivity contribution < 1.29 is 14.4 Å². The van der Waals surface area contributed by atoms with Gasteiger partial charge in [-0.2, -0.15) is 0 Å². The molecule has 1 heterocycles. The minimum atomic E-state index is -0.441. The molecule has 2 aromatic rings. The molecule has 6 heteroatoms. The Labute approximate surface area is 134 Å². The van der Waals surface area contributed by atoms with E-state index in [1.54, 1.807) is 24.4 Å². The average Bonchev–Trinajstić information content (AvgIpc) is 3.07. The Balaban J connectivity index is 1.78. The molecular weight excluding hydrogens is 294 g/mol. The number of Topliss-reactive ketones (excluding diaryl/α,β-unsaturated/α-hetero) is 1. The van der Waals surface area contributed by atoms with E-state index in [0.717, 1.165) is 11.1 Å². The summed E-state index contributed by atoms with van der Waals surface area (Å²) in [4.78, 5) is 38.1. The van der Waals surface area contributed by atoms with Crippen LogP contribution in [0.15, 0.2) is 36.5 Å². The van der Waals surface area contributed by atoms with E-state index < -0.39 is 11.8 Å². The van der Waals surface area contributed by atoms with Crippen molar-refractivity contribution >= 4 is 17.6 Å². The van der Waals surface area contributed by atoms with Crippen LogP contribution in [0, 0.1) is 13.8 Å². The molecule has 6 nitrogen and oxygen atoms in total. The zero-order chi connectivity index (χ0) is 16.8. The lowest BCUT2D eigenvalue weighted by Gasteiger charge is -2.07. The summed E-state index contributed by atoms with van der Waals surface area (Å²) < 4.78 is 0. The minimum Gasteiger partial charge on any atom is -0.357 e. The third-order valence-corrected chi connectivity index (χ3v) is 3.57. The fourth-order valence-electron chi connectivity index (χ4n) is 2.01. The van der Waals surface area contributed by atoms with Crippen LogP contribution in [-0.2, 0) is 4.79 Å². The molecule has 3 N–H and O–H groups in total. The van der Waals surface area contributed by atoms with Crippen LogP contribution >= 0.6 is 0 Å². The zero-order valence-electron chi connectivity index (χ0n) is 13.1. The fourth-order valence-corrected chi connectivity index (χ4v) is 2.01. The number of hydrazine groups is 1.